The lowest BCUT2D eigenvalue weighted by Gasteiger charge is -2.19. The number of methoxy groups -OCH3 is 1. The van der Waals surface area contributed by atoms with Gasteiger partial charge in [0.05, 0.1) is 26.1 Å². The summed E-state index contributed by atoms with van der Waals surface area (Å²) in [5.41, 5.74) is 4.41. The molecule has 0 fully saturated rings. The second-order valence-corrected chi connectivity index (χ2v) is 6.41. The summed E-state index contributed by atoms with van der Waals surface area (Å²) in [6.45, 7) is 4.15. The van der Waals surface area contributed by atoms with Crippen LogP contribution in [0.5, 0.6) is 11.5 Å². The summed E-state index contributed by atoms with van der Waals surface area (Å²) in [6.07, 6.45) is 1.90. The number of rotatable bonds is 6. The van der Waals surface area contributed by atoms with Gasteiger partial charge >= 0.3 is 0 Å². The molecule has 0 saturated carbocycles. The molecule has 1 aliphatic rings. The molecular formula is C22H23N3O2. The molecule has 2 heterocycles. The predicted molar refractivity (Wildman–Crippen MR) is 109 cm³/mol. The van der Waals surface area contributed by atoms with Crippen LogP contribution in [-0.2, 0) is 6.54 Å². The topological polar surface area (TPSA) is 46.6 Å². The van der Waals surface area contributed by atoms with Crippen LogP contribution in [0.4, 0.5) is 11.5 Å². The lowest BCUT2D eigenvalue weighted by Crippen LogP contribution is -2.22. The van der Waals surface area contributed by atoms with Crippen molar-refractivity contribution in [1.82, 2.24) is 4.98 Å². The molecule has 5 heteroatoms. The van der Waals surface area contributed by atoms with E-state index in [-0.39, 0.29) is 0 Å². The highest BCUT2D eigenvalue weighted by Crippen LogP contribution is 2.37. The van der Waals surface area contributed by atoms with Crippen molar-refractivity contribution in [2.75, 3.05) is 30.6 Å². The lowest BCUT2D eigenvalue weighted by molar-refractivity contribution is 0.341. The smallest absolute Gasteiger partial charge is 0.151 e. The van der Waals surface area contributed by atoms with Gasteiger partial charge < -0.3 is 19.7 Å². The Balaban J connectivity index is 1.64. The Kier molecular flexibility index (Phi) is 4.83. The van der Waals surface area contributed by atoms with Crippen LogP contribution in [0, 0.1) is 0 Å². The molecule has 0 aliphatic carbocycles. The van der Waals surface area contributed by atoms with Crippen molar-refractivity contribution in [2.24, 2.45) is 0 Å². The number of aromatic nitrogens is 1. The molecule has 2 aromatic carbocycles. The van der Waals surface area contributed by atoms with Crippen LogP contribution in [0.1, 0.15) is 12.5 Å². The van der Waals surface area contributed by atoms with Crippen molar-refractivity contribution >= 4 is 11.5 Å². The van der Waals surface area contributed by atoms with Gasteiger partial charge in [0.1, 0.15) is 11.5 Å². The quantitative estimate of drug-likeness (QED) is 0.698. The Hall–Kier alpha value is -3.21. The Morgan fingerprint density at radius 2 is 2.00 bits per heavy atom. The number of anilines is 2. The highest BCUT2D eigenvalue weighted by molar-refractivity contribution is 5.79. The van der Waals surface area contributed by atoms with Gasteiger partial charge in [0.2, 0.25) is 0 Å². The second-order valence-electron chi connectivity index (χ2n) is 6.41. The van der Waals surface area contributed by atoms with Crippen LogP contribution >= 0.6 is 0 Å². The normalized spacial score (nSPS) is 12.4. The molecule has 0 atom stereocenters. The fourth-order valence-corrected chi connectivity index (χ4v) is 3.35. The number of benzene rings is 2. The number of nitrogens with zero attached hydrogens (tertiary/aromatic N) is 2. The van der Waals surface area contributed by atoms with Gasteiger partial charge in [-0.3, -0.25) is 0 Å². The van der Waals surface area contributed by atoms with Crippen LogP contribution in [-0.4, -0.2) is 25.4 Å². The lowest BCUT2D eigenvalue weighted by atomic mass is 10.1. The molecular weight excluding hydrogens is 338 g/mol. The van der Waals surface area contributed by atoms with Crippen molar-refractivity contribution in [2.45, 2.75) is 13.5 Å². The highest BCUT2D eigenvalue weighted by atomic mass is 16.5. The predicted octanol–water partition coefficient (Wildman–Crippen LogP) is 4.55. The Labute approximate surface area is 159 Å². The van der Waals surface area contributed by atoms with E-state index in [0.717, 1.165) is 47.3 Å². The fraction of sp³-hybridized carbons (Fsp3) is 0.227. The number of pyridine rings is 1. The Bertz CT molecular complexity index is 942. The molecule has 0 saturated heterocycles. The van der Waals surface area contributed by atoms with Crippen molar-refractivity contribution in [3.05, 3.63) is 66.4 Å². The highest BCUT2D eigenvalue weighted by Gasteiger charge is 2.21. The standard InChI is InChI=1S/C22H23N3O2/c1-3-27-21-10-5-4-9-19(21)17-12-20-22(23-13-17)24-15-25(20)14-16-7-6-8-18(11-16)26-2/h4-13H,3,14-15H2,1-2H3,(H,23,24). The zero-order valence-corrected chi connectivity index (χ0v) is 15.6. The minimum Gasteiger partial charge on any atom is -0.497 e. The van der Waals surface area contributed by atoms with Gasteiger partial charge in [0.15, 0.2) is 5.82 Å². The third-order valence-corrected chi connectivity index (χ3v) is 4.65. The summed E-state index contributed by atoms with van der Waals surface area (Å²) in [5, 5.41) is 3.37. The maximum absolute atomic E-state index is 5.79. The molecule has 138 valence electrons. The van der Waals surface area contributed by atoms with E-state index in [9.17, 15) is 0 Å². The number of hydrogen-bond acceptors (Lipinski definition) is 5. The van der Waals surface area contributed by atoms with Crippen molar-refractivity contribution in [1.29, 1.82) is 0 Å². The first-order valence-corrected chi connectivity index (χ1v) is 9.12. The molecule has 27 heavy (non-hydrogen) atoms. The third kappa shape index (κ3) is 3.53. The van der Waals surface area contributed by atoms with Crippen LogP contribution in [0.2, 0.25) is 0 Å². The largest absolute Gasteiger partial charge is 0.497 e. The van der Waals surface area contributed by atoms with E-state index < -0.39 is 0 Å². The van der Waals surface area contributed by atoms with Gasteiger partial charge in [-0.25, -0.2) is 4.98 Å². The summed E-state index contributed by atoms with van der Waals surface area (Å²) >= 11 is 0. The van der Waals surface area contributed by atoms with E-state index >= 15 is 0 Å². The molecule has 0 spiro atoms. The van der Waals surface area contributed by atoms with E-state index in [4.69, 9.17) is 9.47 Å². The molecule has 4 rings (SSSR count). The summed E-state index contributed by atoms with van der Waals surface area (Å²) in [7, 11) is 1.69. The van der Waals surface area contributed by atoms with Crippen molar-refractivity contribution in [3.63, 3.8) is 0 Å². The first-order valence-electron chi connectivity index (χ1n) is 9.12. The van der Waals surface area contributed by atoms with Crippen LogP contribution in [0.15, 0.2) is 60.8 Å². The van der Waals surface area contributed by atoms with Crippen molar-refractivity contribution in [3.8, 4) is 22.6 Å². The maximum Gasteiger partial charge on any atom is 0.151 e. The SMILES string of the molecule is CCOc1ccccc1-c1cnc2c(c1)N(Cc1cccc(OC)c1)CN2. The average molecular weight is 361 g/mol. The van der Waals surface area contributed by atoms with Gasteiger partial charge in [-0.05, 0) is 36.8 Å². The molecule has 0 bridgehead atoms. The molecule has 1 aromatic heterocycles. The van der Waals surface area contributed by atoms with E-state index in [1.807, 2.05) is 43.5 Å². The summed E-state index contributed by atoms with van der Waals surface area (Å²) in [6, 6.07) is 18.4. The molecule has 5 nitrogen and oxygen atoms in total. The number of hydrogen-bond donors (Lipinski definition) is 1. The minimum atomic E-state index is 0.638. The molecule has 3 aromatic rings. The maximum atomic E-state index is 5.79. The molecule has 0 unspecified atom stereocenters. The zero-order chi connectivity index (χ0) is 18.6. The van der Waals surface area contributed by atoms with Gasteiger partial charge in [-0.2, -0.15) is 0 Å². The summed E-state index contributed by atoms with van der Waals surface area (Å²) < 4.78 is 11.1. The zero-order valence-electron chi connectivity index (χ0n) is 15.6. The first kappa shape index (κ1) is 17.2. The average Bonchev–Trinajstić information content (AvgIpc) is 3.11. The van der Waals surface area contributed by atoms with Crippen LogP contribution < -0.4 is 19.7 Å². The van der Waals surface area contributed by atoms with Crippen LogP contribution in [0.25, 0.3) is 11.1 Å². The van der Waals surface area contributed by atoms with Crippen LogP contribution in [0.3, 0.4) is 0 Å². The first-order chi connectivity index (χ1) is 13.3. The summed E-state index contributed by atoms with van der Waals surface area (Å²) in [4.78, 5) is 6.91. The Morgan fingerprint density at radius 1 is 1.11 bits per heavy atom. The number of para-hydroxylation sites is 1. The monoisotopic (exact) mass is 361 g/mol. The number of nitrogens with one attached hydrogen (secondary N) is 1. The second kappa shape index (κ2) is 7.58. The summed E-state index contributed by atoms with van der Waals surface area (Å²) in [5.74, 6) is 2.67. The number of fused-ring (bicyclic) bond motifs is 1. The third-order valence-electron chi connectivity index (χ3n) is 4.65. The number of ether oxygens (including phenoxy) is 2. The van der Waals surface area contributed by atoms with Gasteiger partial charge in [-0.15, -0.1) is 0 Å². The van der Waals surface area contributed by atoms with E-state index in [2.05, 4.69) is 39.5 Å². The van der Waals surface area contributed by atoms with E-state index in [1.54, 1.807) is 7.11 Å². The van der Waals surface area contributed by atoms with Gasteiger partial charge in [0.25, 0.3) is 0 Å². The minimum absolute atomic E-state index is 0.638. The molecule has 0 radical (unpaired) electrons. The van der Waals surface area contributed by atoms with E-state index in [1.165, 1.54) is 5.56 Å². The van der Waals surface area contributed by atoms with Gasteiger partial charge in [0, 0.05) is 23.9 Å². The fourth-order valence-electron chi connectivity index (χ4n) is 3.35. The molecule has 1 aliphatic heterocycles. The van der Waals surface area contributed by atoms with Gasteiger partial charge in [-0.1, -0.05) is 30.3 Å². The Morgan fingerprint density at radius 3 is 2.85 bits per heavy atom. The molecule has 0 amide bonds. The molecule has 1 N–H and O–H groups in total. The van der Waals surface area contributed by atoms with E-state index in [0.29, 0.717) is 6.61 Å². The van der Waals surface area contributed by atoms with Crippen molar-refractivity contribution < 1.29 is 9.47 Å².